The van der Waals surface area contributed by atoms with Gasteiger partial charge in [-0.2, -0.15) is 0 Å². The summed E-state index contributed by atoms with van der Waals surface area (Å²) in [7, 11) is 1.38. The van der Waals surface area contributed by atoms with E-state index in [2.05, 4.69) is 35.3 Å². The summed E-state index contributed by atoms with van der Waals surface area (Å²) >= 11 is 0. The zero-order valence-corrected chi connectivity index (χ0v) is 22.9. The molecule has 0 atom stereocenters. The second kappa shape index (κ2) is 18.4. The number of hydrogen-bond acceptors (Lipinski definition) is 5. The summed E-state index contributed by atoms with van der Waals surface area (Å²) in [6.07, 6.45) is 0. The molecule has 4 aromatic rings. The van der Waals surface area contributed by atoms with E-state index in [1.54, 1.807) is 31.2 Å². The number of methoxy groups -OCH3 is 1. The third-order valence-corrected chi connectivity index (χ3v) is 4.92. The summed E-state index contributed by atoms with van der Waals surface area (Å²) in [6, 6.07) is 35.0. The van der Waals surface area contributed by atoms with Crippen LogP contribution in [0.3, 0.4) is 0 Å². The van der Waals surface area contributed by atoms with Gasteiger partial charge in [-0.1, -0.05) is 96.1 Å². The topological polar surface area (TPSA) is 128 Å². The fourth-order valence-corrected chi connectivity index (χ4v) is 2.99. The molecule has 0 amide bonds. The van der Waals surface area contributed by atoms with Crippen molar-refractivity contribution in [3.05, 3.63) is 131 Å². The zero-order chi connectivity index (χ0) is 29.0. The standard InChI is InChI=1S/C15H14O2.C9H10O2.C7H8.CH5N3/c1-2-17-15(16)14-10-8-13(9-11-14)12-6-4-3-5-7-12;1-7-3-5-8(6-4-7)9(10)11-2;1-7-5-3-2-4-6-7;2-1(3)4/h3-11H,2H2,1H3;3-6H,1-2H3;2-6H,1H3;(H5,2,3,4). The maximum atomic E-state index is 11.5. The van der Waals surface area contributed by atoms with Gasteiger partial charge in [-0.05, 0) is 56.2 Å². The first kappa shape index (κ1) is 32.1. The molecule has 4 rings (SSSR count). The number of carbonyl (C=O) groups excluding carboxylic acids is 2. The molecule has 0 bridgehead atoms. The maximum absolute atomic E-state index is 11.5. The van der Waals surface area contributed by atoms with Gasteiger partial charge in [0.15, 0.2) is 5.96 Å². The van der Waals surface area contributed by atoms with Gasteiger partial charge >= 0.3 is 11.9 Å². The van der Waals surface area contributed by atoms with E-state index in [0.717, 1.165) is 16.7 Å². The van der Waals surface area contributed by atoms with Crippen LogP contribution in [0.25, 0.3) is 11.1 Å². The van der Waals surface area contributed by atoms with Crippen molar-refractivity contribution in [2.45, 2.75) is 20.8 Å². The molecule has 0 aromatic heterocycles. The third kappa shape index (κ3) is 13.8. The first-order valence-corrected chi connectivity index (χ1v) is 12.3. The molecule has 5 N–H and O–H groups in total. The van der Waals surface area contributed by atoms with Crippen LogP contribution in [0.1, 0.15) is 38.8 Å². The average Bonchev–Trinajstić information content (AvgIpc) is 2.94. The van der Waals surface area contributed by atoms with Gasteiger partial charge in [-0.25, -0.2) is 9.59 Å². The van der Waals surface area contributed by atoms with Crippen molar-refractivity contribution in [3.8, 4) is 11.1 Å². The Morgan fingerprint density at radius 1 is 0.641 bits per heavy atom. The van der Waals surface area contributed by atoms with Gasteiger partial charge in [0.05, 0.1) is 24.8 Å². The zero-order valence-electron chi connectivity index (χ0n) is 22.9. The van der Waals surface area contributed by atoms with Crippen LogP contribution < -0.4 is 11.5 Å². The molecule has 204 valence electrons. The lowest BCUT2D eigenvalue weighted by Gasteiger charge is -2.04. The van der Waals surface area contributed by atoms with Crippen molar-refractivity contribution in [1.82, 2.24) is 0 Å². The van der Waals surface area contributed by atoms with Crippen molar-refractivity contribution in [1.29, 1.82) is 5.41 Å². The number of aryl methyl sites for hydroxylation is 2. The Hall–Kier alpha value is -4.91. The summed E-state index contributed by atoms with van der Waals surface area (Å²) < 4.78 is 9.47. The van der Waals surface area contributed by atoms with Crippen LogP contribution in [0.5, 0.6) is 0 Å². The van der Waals surface area contributed by atoms with Gasteiger partial charge in [0, 0.05) is 0 Å². The third-order valence-electron chi connectivity index (χ3n) is 4.92. The Labute approximate surface area is 230 Å². The molecular formula is C32H37N3O4. The normalized spacial score (nSPS) is 9.13. The number of esters is 2. The second-order valence-electron chi connectivity index (χ2n) is 8.13. The first-order chi connectivity index (χ1) is 18.7. The lowest BCUT2D eigenvalue weighted by atomic mass is 10.0. The van der Waals surface area contributed by atoms with E-state index in [1.165, 1.54) is 12.7 Å². The highest BCUT2D eigenvalue weighted by Crippen LogP contribution is 2.19. The molecule has 0 saturated carbocycles. The number of ether oxygens (including phenoxy) is 2. The summed E-state index contributed by atoms with van der Waals surface area (Å²) in [5, 5.41) is 6.06. The van der Waals surface area contributed by atoms with Crippen molar-refractivity contribution in [2.24, 2.45) is 11.5 Å². The van der Waals surface area contributed by atoms with Crippen LogP contribution in [0, 0.1) is 19.3 Å². The van der Waals surface area contributed by atoms with E-state index in [-0.39, 0.29) is 17.9 Å². The lowest BCUT2D eigenvalue weighted by Crippen LogP contribution is -2.20. The van der Waals surface area contributed by atoms with Crippen LogP contribution in [-0.4, -0.2) is 31.6 Å². The molecule has 0 unspecified atom stereocenters. The quantitative estimate of drug-likeness (QED) is 0.166. The van der Waals surface area contributed by atoms with Gasteiger partial charge in [0.1, 0.15) is 0 Å². The van der Waals surface area contributed by atoms with Crippen molar-refractivity contribution in [3.63, 3.8) is 0 Å². The first-order valence-electron chi connectivity index (χ1n) is 12.3. The molecule has 39 heavy (non-hydrogen) atoms. The van der Waals surface area contributed by atoms with E-state index < -0.39 is 0 Å². The number of nitrogens with two attached hydrogens (primary N) is 2. The fraction of sp³-hybridized carbons (Fsp3) is 0.156. The molecular weight excluding hydrogens is 490 g/mol. The van der Waals surface area contributed by atoms with Gasteiger partial charge < -0.3 is 20.9 Å². The molecule has 0 aliphatic rings. The molecule has 0 fully saturated rings. The highest BCUT2D eigenvalue weighted by Gasteiger charge is 2.06. The Morgan fingerprint density at radius 2 is 1.03 bits per heavy atom. The van der Waals surface area contributed by atoms with Gasteiger partial charge in [0.25, 0.3) is 0 Å². The molecule has 0 aliphatic heterocycles. The molecule has 0 radical (unpaired) electrons. The van der Waals surface area contributed by atoms with Crippen LogP contribution in [0.15, 0.2) is 109 Å². The Kier molecular flexibility index (Phi) is 15.1. The van der Waals surface area contributed by atoms with Crippen molar-refractivity contribution >= 4 is 17.9 Å². The molecule has 0 aliphatic carbocycles. The minimum absolute atomic E-state index is 0.271. The van der Waals surface area contributed by atoms with Crippen LogP contribution >= 0.6 is 0 Å². The predicted molar refractivity (Wildman–Crippen MR) is 158 cm³/mol. The fourth-order valence-electron chi connectivity index (χ4n) is 2.99. The summed E-state index contributed by atoms with van der Waals surface area (Å²) in [5.74, 6) is -0.892. The summed E-state index contributed by atoms with van der Waals surface area (Å²) in [5.41, 5.74) is 14.8. The van der Waals surface area contributed by atoms with Crippen LogP contribution in [0.2, 0.25) is 0 Å². The highest BCUT2D eigenvalue weighted by atomic mass is 16.5. The number of hydrogen-bond donors (Lipinski definition) is 3. The molecule has 4 aromatic carbocycles. The van der Waals surface area contributed by atoms with Crippen LogP contribution in [0.4, 0.5) is 0 Å². The second-order valence-corrected chi connectivity index (χ2v) is 8.13. The SMILES string of the molecule is CCOC(=O)c1ccc(-c2ccccc2)cc1.COC(=O)c1ccc(C)cc1.Cc1ccccc1.N=C(N)N. The average molecular weight is 528 g/mol. The monoisotopic (exact) mass is 527 g/mol. The van der Waals surface area contributed by atoms with Gasteiger partial charge in [-0.15, -0.1) is 0 Å². The smallest absolute Gasteiger partial charge is 0.338 e. The minimum atomic E-state index is -0.333. The van der Waals surface area contributed by atoms with E-state index in [0.29, 0.717) is 17.7 Å². The molecule has 7 heteroatoms. The number of guanidine groups is 1. The number of nitrogens with one attached hydrogen (secondary N) is 1. The number of carbonyl (C=O) groups is 2. The largest absolute Gasteiger partial charge is 0.465 e. The lowest BCUT2D eigenvalue weighted by molar-refractivity contribution is 0.0525. The summed E-state index contributed by atoms with van der Waals surface area (Å²) in [6.45, 7) is 6.26. The minimum Gasteiger partial charge on any atom is -0.465 e. The number of rotatable bonds is 4. The highest BCUT2D eigenvalue weighted by molar-refractivity contribution is 5.90. The predicted octanol–water partition coefficient (Wildman–Crippen LogP) is 6.15. The van der Waals surface area contributed by atoms with E-state index >= 15 is 0 Å². The van der Waals surface area contributed by atoms with Crippen LogP contribution in [-0.2, 0) is 9.47 Å². The van der Waals surface area contributed by atoms with Gasteiger partial charge in [0.2, 0.25) is 0 Å². The van der Waals surface area contributed by atoms with E-state index in [4.69, 9.17) is 10.1 Å². The van der Waals surface area contributed by atoms with E-state index in [9.17, 15) is 9.59 Å². The molecule has 0 saturated heterocycles. The Morgan fingerprint density at radius 3 is 1.44 bits per heavy atom. The Bertz CT molecular complexity index is 1250. The molecule has 0 heterocycles. The Balaban J connectivity index is 0.000000296. The maximum Gasteiger partial charge on any atom is 0.338 e. The van der Waals surface area contributed by atoms with Crippen molar-refractivity contribution < 1.29 is 19.1 Å². The molecule has 0 spiro atoms. The van der Waals surface area contributed by atoms with Crippen molar-refractivity contribution in [2.75, 3.05) is 13.7 Å². The number of benzene rings is 4. The summed E-state index contributed by atoms with van der Waals surface area (Å²) in [4.78, 5) is 22.4. The molecule has 7 nitrogen and oxygen atoms in total. The van der Waals surface area contributed by atoms with Gasteiger partial charge in [-0.3, -0.25) is 5.41 Å². The van der Waals surface area contributed by atoms with E-state index in [1.807, 2.05) is 79.7 Å².